The topological polar surface area (TPSA) is 82.8 Å². The highest BCUT2D eigenvalue weighted by Crippen LogP contribution is 2.26. The molecular formula is C22H33N7O2. The van der Waals surface area contributed by atoms with Crippen molar-refractivity contribution < 1.29 is 9.15 Å². The Morgan fingerprint density at radius 3 is 2.03 bits per heavy atom. The highest BCUT2D eigenvalue weighted by atomic mass is 16.5. The van der Waals surface area contributed by atoms with E-state index < -0.39 is 0 Å². The van der Waals surface area contributed by atoms with Gasteiger partial charge in [0.25, 0.3) is 0 Å². The summed E-state index contributed by atoms with van der Waals surface area (Å²) in [5.74, 6) is 4.16. The Hall–Kier alpha value is -2.39. The third kappa shape index (κ3) is 4.77. The van der Waals surface area contributed by atoms with Crippen molar-refractivity contribution in [1.29, 1.82) is 0 Å². The summed E-state index contributed by atoms with van der Waals surface area (Å²) in [6, 6.07) is 4.22. The number of morpholine rings is 1. The van der Waals surface area contributed by atoms with Crippen molar-refractivity contribution in [1.82, 2.24) is 19.9 Å². The predicted molar refractivity (Wildman–Crippen MR) is 120 cm³/mol. The second kappa shape index (κ2) is 9.40. The zero-order valence-electron chi connectivity index (χ0n) is 18.4. The standard InChI is InChI=1S/C22H33N7O2/c1-17-6-7-19(31-17)18(27-12-14-30-15-13-27)16-23-20-24-21(28-8-2-3-9-28)26-22(25-20)29-10-4-5-11-29/h6-7,18H,2-5,8-16H2,1H3,(H,23,24,25,26). The zero-order valence-corrected chi connectivity index (χ0v) is 18.4. The quantitative estimate of drug-likeness (QED) is 0.716. The van der Waals surface area contributed by atoms with Crippen LogP contribution in [0.15, 0.2) is 16.5 Å². The molecule has 3 fully saturated rings. The molecule has 9 heteroatoms. The smallest absolute Gasteiger partial charge is 0.231 e. The lowest BCUT2D eigenvalue weighted by Gasteiger charge is -2.33. The van der Waals surface area contributed by atoms with Gasteiger partial charge in [0.15, 0.2) is 0 Å². The number of hydrogen-bond acceptors (Lipinski definition) is 9. The van der Waals surface area contributed by atoms with E-state index >= 15 is 0 Å². The van der Waals surface area contributed by atoms with E-state index in [9.17, 15) is 0 Å². The first kappa shape index (κ1) is 20.5. The summed E-state index contributed by atoms with van der Waals surface area (Å²) in [5.41, 5.74) is 0. The first-order valence-electron chi connectivity index (χ1n) is 11.6. The van der Waals surface area contributed by atoms with Gasteiger partial charge in [0.2, 0.25) is 17.8 Å². The molecule has 168 valence electrons. The summed E-state index contributed by atoms with van der Waals surface area (Å²) in [5, 5.41) is 3.52. The van der Waals surface area contributed by atoms with Gasteiger partial charge in [-0.15, -0.1) is 0 Å². The van der Waals surface area contributed by atoms with E-state index in [0.29, 0.717) is 12.5 Å². The van der Waals surface area contributed by atoms with Crippen molar-refractivity contribution in [2.75, 3.05) is 74.1 Å². The van der Waals surface area contributed by atoms with Crippen LogP contribution in [-0.4, -0.2) is 78.9 Å². The molecule has 0 bridgehead atoms. The normalized spacial score (nSPS) is 21.1. The number of nitrogens with zero attached hydrogens (tertiary/aromatic N) is 6. The first-order chi connectivity index (χ1) is 15.3. The fourth-order valence-corrected chi connectivity index (χ4v) is 4.67. The molecule has 3 aliphatic rings. The second-order valence-corrected chi connectivity index (χ2v) is 8.64. The molecule has 3 aliphatic heterocycles. The van der Waals surface area contributed by atoms with E-state index in [2.05, 4.69) is 26.1 Å². The molecule has 1 atom stereocenters. The molecule has 1 unspecified atom stereocenters. The molecule has 1 N–H and O–H groups in total. The number of aromatic nitrogens is 3. The van der Waals surface area contributed by atoms with E-state index in [1.165, 1.54) is 25.7 Å². The van der Waals surface area contributed by atoms with Gasteiger partial charge in [-0.05, 0) is 44.7 Å². The van der Waals surface area contributed by atoms with E-state index in [0.717, 1.165) is 75.9 Å². The maximum atomic E-state index is 6.01. The molecule has 0 saturated carbocycles. The Bertz CT molecular complexity index is 821. The van der Waals surface area contributed by atoms with Gasteiger partial charge in [0, 0.05) is 45.8 Å². The number of ether oxygens (including phenoxy) is 1. The van der Waals surface area contributed by atoms with Crippen molar-refractivity contribution in [3.63, 3.8) is 0 Å². The Morgan fingerprint density at radius 1 is 0.871 bits per heavy atom. The second-order valence-electron chi connectivity index (χ2n) is 8.64. The Labute approximate surface area is 183 Å². The Balaban J connectivity index is 1.37. The highest BCUT2D eigenvalue weighted by Gasteiger charge is 2.26. The van der Waals surface area contributed by atoms with Crippen molar-refractivity contribution in [2.45, 2.75) is 38.6 Å². The first-order valence-corrected chi connectivity index (χ1v) is 11.6. The summed E-state index contributed by atoms with van der Waals surface area (Å²) < 4.78 is 11.6. The molecule has 3 saturated heterocycles. The van der Waals surface area contributed by atoms with Crippen molar-refractivity contribution in [2.24, 2.45) is 0 Å². The molecule has 2 aromatic rings. The van der Waals surface area contributed by atoms with Crippen LogP contribution in [0.1, 0.15) is 43.2 Å². The fraction of sp³-hybridized carbons (Fsp3) is 0.682. The molecule has 0 amide bonds. The third-order valence-electron chi connectivity index (χ3n) is 6.42. The van der Waals surface area contributed by atoms with Crippen molar-refractivity contribution in [3.8, 4) is 0 Å². The molecule has 0 aliphatic carbocycles. The molecule has 2 aromatic heterocycles. The minimum atomic E-state index is 0.111. The average Bonchev–Trinajstić information content (AvgIpc) is 3.58. The summed E-state index contributed by atoms with van der Waals surface area (Å²) in [6.45, 7) is 10.0. The number of hydrogen-bond donors (Lipinski definition) is 1. The lowest BCUT2D eigenvalue weighted by atomic mass is 10.1. The Morgan fingerprint density at radius 2 is 1.48 bits per heavy atom. The number of anilines is 3. The summed E-state index contributed by atoms with van der Waals surface area (Å²) in [7, 11) is 0. The summed E-state index contributed by atoms with van der Waals surface area (Å²) in [4.78, 5) is 21.4. The molecule has 5 rings (SSSR count). The Kier molecular flexibility index (Phi) is 6.22. The SMILES string of the molecule is Cc1ccc(C(CNc2nc(N3CCCC3)nc(N3CCCC3)n2)N2CCOCC2)o1. The van der Waals surface area contributed by atoms with Gasteiger partial charge in [-0.3, -0.25) is 4.90 Å². The van der Waals surface area contributed by atoms with Crippen LogP contribution in [0.4, 0.5) is 17.8 Å². The van der Waals surface area contributed by atoms with Crippen molar-refractivity contribution in [3.05, 3.63) is 23.7 Å². The average molecular weight is 428 g/mol. The van der Waals surface area contributed by atoms with Crippen LogP contribution in [0.25, 0.3) is 0 Å². The maximum absolute atomic E-state index is 6.01. The molecule has 0 aromatic carbocycles. The third-order valence-corrected chi connectivity index (χ3v) is 6.42. The van der Waals surface area contributed by atoms with Crippen LogP contribution in [0.5, 0.6) is 0 Å². The fourth-order valence-electron chi connectivity index (χ4n) is 4.67. The van der Waals surface area contributed by atoms with Crippen LogP contribution in [0.2, 0.25) is 0 Å². The van der Waals surface area contributed by atoms with E-state index in [1.807, 2.05) is 13.0 Å². The van der Waals surface area contributed by atoms with Crippen LogP contribution in [0, 0.1) is 6.92 Å². The van der Waals surface area contributed by atoms with E-state index in [4.69, 9.17) is 24.1 Å². The lowest BCUT2D eigenvalue weighted by Crippen LogP contribution is -2.41. The zero-order chi connectivity index (χ0) is 21.0. The van der Waals surface area contributed by atoms with Crippen LogP contribution >= 0.6 is 0 Å². The molecule has 9 nitrogen and oxygen atoms in total. The molecule has 0 spiro atoms. The van der Waals surface area contributed by atoms with Gasteiger partial charge in [0.05, 0.1) is 19.3 Å². The van der Waals surface area contributed by atoms with E-state index in [-0.39, 0.29) is 6.04 Å². The molecule has 5 heterocycles. The van der Waals surface area contributed by atoms with Crippen LogP contribution < -0.4 is 15.1 Å². The van der Waals surface area contributed by atoms with Gasteiger partial charge in [-0.1, -0.05) is 0 Å². The summed E-state index contributed by atoms with van der Waals surface area (Å²) >= 11 is 0. The van der Waals surface area contributed by atoms with Gasteiger partial charge < -0.3 is 24.3 Å². The monoisotopic (exact) mass is 427 g/mol. The molecule has 0 radical (unpaired) electrons. The molecule has 31 heavy (non-hydrogen) atoms. The van der Waals surface area contributed by atoms with Gasteiger partial charge in [-0.25, -0.2) is 0 Å². The predicted octanol–water partition coefficient (Wildman–Crippen LogP) is 2.46. The maximum Gasteiger partial charge on any atom is 0.231 e. The number of furan rings is 1. The van der Waals surface area contributed by atoms with E-state index in [1.54, 1.807) is 0 Å². The highest BCUT2D eigenvalue weighted by molar-refractivity contribution is 5.46. The largest absolute Gasteiger partial charge is 0.465 e. The lowest BCUT2D eigenvalue weighted by molar-refractivity contribution is 0.0143. The van der Waals surface area contributed by atoms with Gasteiger partial charge in [0.1, 0.15) is 11.5 Å². The minimum absolute atomic E-state index is 0.111. The van der Waals surface area contributed by atoms with Crippen LogP contribution in [-0.2, 0) is 4.74 Å². The number of rotatable bonds is 7. The number of aryl methyl sites for hydroxylation is 1. The van der Waals surface area contributed by atoms with Crippen LogP contribution in [0.3, 0.4) is 0 Å². The minimum Gasteiger partial charge on any atom is -0.465 e. The van der Waals surface area contributed by atoms with Gasteiger partial charge >= 0.3 is 0 Å². The van der Waals surface area contributed by atoms with Crippen molar-refractivity contribution >= 4 is 17.8 Å². The molecular weight excluding hydrogens is 394 g/mol. The van der Waals surface area contributed by atoms with Gasteiger partial charge in [-0.2, -0.15) is 15.0 Å². The summed E-state index contributed by atoms with van der Waals surface area (Å²) in [6.07, 6.45) is 4.80. The number of nitrogens with one attached hydrogen (secondary N) is 1.